The standard InChI is InChI=1S/C29H34N6/c1-6-22(35-15-13-34(5)14-16-35)9-7-19(2)32-27-12-11-23(26-18-30-21(4)28(26)27)25-17-31-29-24(25)10-8-20(3)33-29/h6-12,17,30,32H,2,4,13-16,18H2,1,3,5H3,(H,31,33)/b9-7-,22-6+. The third kappa shape index (κ3) is 4.49. The van der Waals surface area contributed by atoms with E-state index in [0.29, 0.717) is 0 Å². The number of H-pyrrole nitrogens is 1. The van der Waals surface area contributed by atoms with Gasteiger partial charge in [-0.05, 0) is 62.4 Å². The van der Waals surface area contributed by atoms with Gasteiger partial charge in [-0.15, -0.1) is 0 Å². The van der Waals surface area contributed by atoms with Gasteiger partial charge in [-0.3, -0.25) is 0 Å². The minimum absolute atomic E-state index is 0.749. The van der Waals surface area contributed by atoms with Crippen molar-refractivity contribution in [1.82, 2.24) is 25.1 Å². The van der Waals surface area contributed by atoms with Crippen molar-refractivity contribution in [1.29, 1.82) is 0 Å². The van der Waals surface area contributed by atoms with Gasteiger partial charge in [0.25, 0.3) is 0 Å². The molecular weight excluding hydrogens is 432 g/mol. The number of fused-ring (bicyclic) bond motifs is 2. The van der Waals surface area contributed by atoms with E-state index in [1.807, 2.05) is 6.92 Å². The molecule has 1 saturated heterocycles. The van der Waals surface area contributed by atoms with Crippen LogP contribution < -0.4 is 10.6 Å². The smallest absolute Gasteiger partial charge is 0.138 e. The molecule has 180 valence electrons. The molecule has 6 heteroatoms. The van der Waals surface area contributed by atoms with Gasteiger partial charge in [0.2, 0.25) is 0 Å². The van der Waals surface area contributed by atoms with Crippen LogP contribution in [-0.2, 0) is 6.54 Å². The Balaban J connectivity index is 1.39. The van der Waals surface area contributed by atoms with Crippen LogP contribution in [0.5, 0.6) is 0 Å². The fourth-order valence-corrected chi connectivity index (χ4v) is 4.99. The SMILES string of the molecule is C=C(/C=C\C(=C/C)N1CCN(C)CC1)Nc1ccc(-c2c[nH]c3nc(C)ccc23)c2c1C(=C)NC2. The summed E-state index contributed by atoms with van der Waals surface area (Å²) in [5, 5.41) is 8.09. The van der Waals surface area contributed by atoms with Gasteiger partial charge in [0.15, 0.2) is 0 Å². The largest absolute Gasteiger partial charge is 0.381 e. The maximum Gasteiger partial charge on any atom is 0.138 e. The highest BCUT2D eigenvalue weighted by molar-refractivity contribution is 5.97. The molecule has 2 aliphatic rings. The molecular formula is C29H34N6. The Labute approximate surface area is 207 Å². The first-order chi connectivity index (χ1) is 16.9. The molecule has 0 unspecified atom stereocenters. The van der Waals surface area contributed by atoms with Crippen molar-refractivity contribution in [3.05, 3.63) is 90.1 Å². The maximum absolute atomic E-state index is 4.64. The van der Waals surface area contributed by atoms with E-state index in [0.717, 1.165) is 77.7 Å². The first-order valence-electron chi connectivity index (χ1n) is 12.2. The second-order valence-electron chi connectivity index (χ2n) is 9.38. The number of aromatic nitrogens is 2. The molecule has 0 spiro atoms. The molecule has 0 aliphatic carbocycles. The number of hydrogen-bond donors (Lipinski definition) is 3. The topological polar surface area (TPSA) is 59.2 Å². The number of likely N-dealkylation sites (N-methyl/N-ethyl adjacent to an activating group) is 1. The van der Waals surface area contributed by atoms with Crippen molar-refractivity contribution in [2.24, 2.45) is 0 Å². The van der Waals surface area contributed by atoms with E-state index in [1.54, 1.807) is 0 Å². The first kappa shape index (κ1) is 23.0. The number of pyridine rings is 1. The molecule has 0 bridgehead atoms. The fourth-order valence-electron chi connectivity index (χ4n) is 4.99. The van der Waals surface area contributed by atoms with Crippen LogP contribution in [0.15, 0.2) is 73.2 Å². The lowest BCUT2D eigenvalue weighted by Gasteiger charge is -2.34. The first-order valence-corrected chi connectivity index (χ1v) is 12.2. The number of aromatic amines is 1. The molecule has 0 radical (unpaired) electrons. The number of benzene rings is 1. The normalized spacial score (nSPS) is 16.7. The third-order valence-electron chi connectivity index (χ3n) is 6.98. The summed E-state index contributed by atoms with van der Waals surface area (Å²) in [6.45, 7) is 17.7. The Hall–Kier alpha value is -3.77. The quantitative estimate of drug-likeness (QED) is 0.434. The van der Waals surface area contributed by atoms with Gasteiger partial charge in [-0.2, -0.15) is 0 Å². The van der Waals surface area contributed by atoms with E-state index in [4.69, 9.17) is 0 Å². The fraction of sp³-hybridized carbons (Fsp3) is 0.276. The van der Waals surface area contributed by atoms with Crippen LogP contribution in [-0.4, -0.2) is 53.0 Å². The van der Waals surface area contributed by atoms with Crippen LogP contribution in [0.3, 0.4) is 0 Å². The molecule has 1 fully saturated rings. The van der Waals surface area contributed by atoms with Crippen molar-refractivity contribution >= 4 is 22.4 Å². The summed E-state index contributed by atoms with van der Waals surface area (Å²) in [6.07, 6.45) is 8.44. The van der Waals surface area contributed by atoms with Crippen LogP contribution in [0.25, 0.3) is 27.9 Å². The lowest BCUT2D eigenvalue weighted by Crippen LogP contribution is -2.43. The molecule has 3 N–H and O–H groups in total. The third-order valence-corrected chi connectivity index (χ3v) is 6.98. The summed E-state index contributed by atoms with van der Waals surface area (Å²) >= 11 is 0. The van der Waals surface area contributed by atoms with Gasteiger partial charge in [0.1, 0.15) is 5.65 Å². The molecule has 35 heavy (non-hydrogen) atoms. The molecule has 6 nitrogen and oxygen atoms in total. The summed E-state index contributed by atoms with van der Waals surface area (Å²) in [6, 6.07) is 8.51. The Morgan fingerprint density at radius 2 is 1.89 bits per heavy atom. The van der Waals surface area contributed by atoms with Crippen LogP contribution in [0, 0.1) is 6.92 Å². The summed E-state index contributed by atoms with van der Waals surface area (Å²) in [5.74, 6) is 0. The highest BCUT2D eigenvalue weighted by atomic mass is 15.2. The Kier molecular flexibility index (Phi) is 6.22. The van der Waals surface area contributed by atoms with Gasteiger partial charge < -0.3 is 25.4 Å². The summed E-state index contributed by atoms with van der Waals surface area (Å²) in [7, 11) is 2.18. The Morgan fingerprint density at radius 1 is 1.09 bits per heavy atom. The molecule has 3 aromatic rings. The highest BCUT2D eigenvalue weighted by Gasteiger charge is 2.23. The van der Waals surface area contributed by atoms with Crippen LogP contribution in [0.1, 0.15) is 23.7 Å². The molecule has 1 aromatic carbocycles. The average molecular weight is 467 g/mol. The zero-order valence-electron chi connectivity index (χ0n) is 20.9. The van der Waals surface area contributed by atoms with Crippen molar-refractivity contribution in [2.75, 3.05) is 38.5 Å². The predicted octanol–water partition coefficient (Wildman–Crippen LogP) is 5.25. The molecule has 2 aliphatic heterocycles. The summed E-state index contributed by atoms with van der Waals surface area (Å²) in [5.41, 5.74) is 10.7. The van der Waals surface area contributed by atoms with E-state index < -0.39 is 0 Å². The molecule has 0 atom stereocenters. The van der Waals surface area contributed by atoms with Crippen LogP contribution in [0.4, 0.5) is 5.69 Å². The molecule has 5 rings (SSSR count). The molecule has 0 saturated carbocycles. The van der Waals surface area contributed by atoms with Crippen molar-refractivity contribution < 1.29 is 0 Å². The maximum atomic E-state index is 4.64. The Bertz CT molecular complexity index is 1350. The predicted molar refractivity (Wildman–Crippen MR) is 147 cm³/mol. The van der Waals surface area contributed by atoms with Gasteiger partial charge in [0.05, 0.1) is 0 Å². The lowest BCUT2D eigenvalue weighted by atomic mass is 9.95. The molecule has 4 heterocycles. The summed E-state index contributed by atoms with van der Waals surface area (Å²) in [4.78, 5) is 12.8. The number of rotatable bonds is 6. The van der Waals surface area contributed by atoms with Gasteiger partial charge in [-0.25, -0.2) is 4.98 Å². The number of hydrogen-bond acceptors (Lipinski definition) is 5. The number of nitrogens with one attached hydrogen (secondary N) is 3. The zero-order valence-corrected chi connectivity index (χ0v) is 20.9. The van der Waals surface area contributed by atoms with E-state index in [-0.39, 0.29) is 0 Å². The van der Waals surface area contributed by atoms with Crippen molar-refractivity contribution in [2.45, 2.75) is 20.4 Å². The number of aryl methyl sites for hydroxylation is 1. The van der Waals surface area contributed by atoms with E-state index in [2.05, 4.69) is 106 Å². The van der Waals surface area contributed by atoms with E-state index in [9.17, 15) is 0 Å². The van der Waals surface area contributed by atoms with Gasteiger partial charge in [0, 0.05) is 83.9 Å². The monoisotopic (exact) mass is 466 g/mol. The second kappa shape index (κ2) is 9.47. The summed E-state index contributed by atoms with van der Waals surface area (Å²) < 4.78 is 0. The highest BCUT2D eigenvalue weighted by Crippen LogP contribution is 2.40. The molecule has 0 amide bonds. The second-order valence-corrected chi connectivity index (χ2v) is 9.38. The van der Waals surface area contributed by atoms with Crippen molar-refractivity contribution in [3.8, 4) is 11.1 Å². The average Bonchev–Trinajstić information content (AvgIpc) is 3.44. The number of anilines is 1. The minimum atomic E-state index is 0.749. The zero-order chi connectivity index (χ0) is 24.5. The van der Waals surface area contributed by atoms with Crippen molar-refractivity contribution in [3.63, 3.8) is 0 Å². The number of allylic oxidation sites excluding steroid dienone is 3. The van der Waals surface area contributed by atoms with Crippen LogP contribution >= 0.6 is 0 Å². The number of nitrogens with zero attached hydrogens (tertiary/aromatic N) is 3. The van der Waals surface area contributed by atoms with Gasteiger partial charge >= 0.3 is 0 Å². The number of piperazine rings is 1. The lowest BCUT2D eigenvalue weighted by molar-refractivity contribution is 0.190. The van der Waals surface area contributed by atoms with Gasteiger partial charge in [-0.1, -0.05) is 25.3 Å². The molecule has 2 aromatic heterocycles. The van der Waals surface area contributed by atoms with Crippen LogP contribution in [0.2, 0.25) is 0 Å². The minimum Gasteiger partial charge on any atom is -0.381 e. The Morgan fingerprint density at radius 3 is 2.66 bits per heavy atom. The van der Waals surface area contributed by atoms with E-state index in [1.165, 1.54) is 16.8 Å². The van der Waals surface area contributed by atoms with E-state index >= 15 is 0 Å².